The maximum Gasteiger partial charge on any atom is 0.271 e. The summed E-state index contributed by atoms with van der Waals surface area (Å²) in [6.07, 6.45) is 4.63. The summed E-state index contributed by atoms with van der Waals surface area (Å²) >= 11 is 0. The Kier molecular flexibility index (Phi) is 2.23. The Morgan fingerprint density at radius 2 is 2.17 bits per heavy atom. The Labute approximate surface area is 101 Å². The average molecular weight is 241 g/mol. The van der Waals surface area contributed by atoms with Crippen LogP contribution in [-0.4, -0.2) is 24.7 Å². The highest BCUT2D eigenvalue weighted by molar-refractivity contribution is 5.82. The highest BCUT2D eigenvalue weighted by Crippen LogP contribution is 2.22. The number of non-ortho nitro benzene ring substituents is 1. The molecule has 1 aromatic carbocycles. The minimum atomic E-state index is -0.434. The van der Waals surface area contributed by atoms with Crippen molar-refractivity contribution in [2.24, 2.45) is 0 Å². The molecule has 18 heavy (non-hydrogen) atoms. The first-order valence-corrected chi connectivity index (χ1v) is 5.14. The Bertz CT molecular complexity index is 723. The standard InChI is InChI=1S/C11H7N5O2/c17-16(18)9-2-1-8-6-14-15(10(8)5-9)11-3-4-12-7-13-11/h1-7H. The number of fused-ring (bicyclic) bond motifs is 1. The molecule has 3 aromatic rings. The molecule has 0 atom stereocenters. The van der Waals surface area contributed by atoms with E-state index in [9.17, 15) is 10.1 Å². The molecule has 0 aliphatic carbocycles. The Morgan fingerprint density at radius 1 is 1.28 bits per heavy atom. The maximum absolute atomic E-state index is 10.8. The first-order valence-electron chi connectivity index (χ1n) is 5.14. The van der Waals surface area contributed by atoms with Gasteiger partial charge in [0.15, 0.2) is 5.82 Å². The van der Waals surface area contributed by atoms with Gasteiger partial charge in [-0.3, -0.25) is 10.1 Å². The van der Waals surface area contributed by atoms with Crippen molar-refractivity contribution in [2.45, 2.75) is 0 Å². The lowest BCUT2D eigenvalue weighted by Crippen LogP contribution is -1.99. The molecule has 0 fully saturated rings. The van der Waals surface area contributed by atoms with Crippen molar-refractivity contribution in [3.05, 3.63) is 53.1 Å². The van der Waals surface area contributed by atoms with E-state index in [1.165, 1.54) is 18.5 Å². The van der Waals surface area contributed by atoms with E-state index in [1.54, 1.807) is 29.2 Å². The molecule has 7 heteroatoms. The molecule has 3 rings (SSSR count). The van der Waals surface area contributed by atoms with Crippen LogP contribution in [0.4, 0.5) is 5.69 Å². The fourth-order valence-electron chi connectivity index (χ4n) is 1.71. The van der Waals surface area contributed by atoms with Crippen molar-refractivity contribution >= 4 is 16.6 Å². The number of benzene rings is 1. The van der Waals surface area contributed by atoms with Crippen LogP contribution in [0.3, 0.4) is 0 Å². The molecule has 0 aliphatic heterocycles. The predicted octanol–water partition coefficient (Wildman–Crippen LogP) is 1.72. The van der Waals surface area contributed by atoms with Crippen LogP contribution >= 0.6 is 0 Å². The molecule has 2 heterocycles. The molecule has 0 aliphatic rings. The van der Waals surface area contributed by atoms with Gasteiger partial charge in [-0.1, -0.05) is 0 Å². The van der Waals surface area contributed by atoms with Gasteiger partial charge in [-0.15, -0.1) is 0 Å². The smallest absolute Gasteiger partial charge is 0.258 e. The van der Waals surface area contributed by atoms with Crippen molar-refractivity contribution in [1.82, 2.24) is 19.7 Å². The lowest BCUT2D eigenvalue weighted by atomic mass is 10.2. The highest BCUT2D eigenvalue weighted by Gasteiger charge is 2.11. The predicted molar refractivity (Wildman–Crippen MR) is 63.3 cm³/mol. The van der Waals surface area contributed by atoms with E-state index in [1.807, 2.05) is 0 Å². The molecule has 0 saturated heterocycles. The molecule has 7 nitrogen and oxygen atoms in total. The van der Waals surface area contributed by atoms with Gasteiger partial charge in [-0.25, -0.2) is 14.6 Å². The Morgan fingerprint density at radius 3 is 2.89 bits per heavy atom. The molecule has 0 bridgehead atoms. The normalized spacial score (nSPS) is 10.7. The summed E-state index contributed by atoms with van der Waals surface area (Å²) in [5.74, 6) is 0.570. The summed E-state index contributed by atoms with van der Waals surface area (Å²) in [5.41, 5.74) is 0.668. The summed E-state index contributed by atoms with van der Waals surface area (Å²) in [7, 11) is 0. The van der Waals surface area contributed by atoms with Crippen LogP contribution in [-0.2, 0) is 0 Å². The fourth-order valence-corrected chi connectivity index (χ4v) is 1.71. The molecule has 0 amide bonds. The summed E-state index contributed by atoms with van der Waals surface area (Å²) in [6.45, 7) is 0. The van der Waals surface area contributed by atoms with Crippen molar-refractivity contribution in [1.29, 1.82) is 0 Å². The Balaban J connectivity index is 2.24. The first kappa shape index (κ1) is 10.3. The van der Waals surface area contributed by atoms with E-state index >= 15 is 0 Å². The fraction of sp³-hybridized carbons (Fsp3) is 0. The number of nitrogens with zero attached hydrogens (tertiary/aromatic N) is 5. The zero-order valence-electron chi connectivity index (χ0n) is 9.09. The van der Waals surface area contributed by atoms with Gasteiger partial charge in [-0.05, 0) is 6.07 Å². The van der Waals surface area contributed by atoms with Gasteiger partial charge in [0.05, 0.1) is 16.6 Å². The molecule has 0 spiro atoms. The second-order valence-corrected chi connectivity index (χ2v) is 3.62. The molecule has 0 radical (unpaired) electrons. The third-order valence-corrected chi connectivity index (χ3v) is 2.55. The minimum Gasteiger partial charge on any atom is -0.258 e. The molecule has 88 valence electrons. The van der Waals surface area contributed by atoms with E-state index < -0.39 is 4.92 Å². The number of nitro groups is 1. The van der Waals surface area contributed by atoms with E-state index in [4.69, 9.17) is 0 Å². The van der Waals surface area contributed by atoms with Crippen molar-refractivity contribution in [3.8, 4) is 5.82 Å². The van der Waals surface area contributed by atoms with Crippen molar-refractivity contribution < 1.29 is 4.92 Å². The number of rotatable bonds is 2. The third-order valence-electron chi connectivity index (χ3n) is 2.55. The largest absolute Gasteiger partial charge is 0.271 e. The summed E-state index contributed by atoms with van der Waals surface area (Å²) in [5, 5.41) is 15.8. The second kappa shape index (κ2) is 3.88. The average Bonchev–Trinajstić information content (AvgIpc) is 2.82. The topological polar surface area (TPSA) is 86.7 Å². The van der Waals surface area contributed by atoms with Crippen molar-refractivity contribution in [2.75, 3.05) is 0 Å². The van der Waals surface area contributed by atoms with Gasteiger partial charge in [0, 0.05) is 29.8 Å². The second-order valence-electron chi connectivity index (χ2n) is 3.62. The maximum atomic E-state index is 10.8. The monoisotopic (exact) mass is 241 g/mol. The zero-order chi connectivity index (χ0) is 12.5. The summed E-state index contributed by atoms with van der Waals surface area (Å²) < 4.78 is 1.55. The lowest BCUT2D eigenvalue weighted by molar-refractivity contribution is -0.384. The van der Waals surface area contributed by atoms with Gasteiger partial charge in [-0.2, -0.15) is 5.10 Å². The highest BCUT2D eigenvalue weighted by atomic mass is 16.6. The van der Waals surface area contributed by atoms with Gasteiger partial charge >= 0.3 is 0 Å². The number of hydrogen-bond donors (Lipinski definition) is 0. The van der Waals surface area contributed by atoms with Crippen LogP contribution in [0.5, 0.6) is 0 Å². The molecule has 0 N–H and O–H groups in total. The molecule has 0 unspecified atom stereocenters. The van der Waals surface area contributed by atoms with Crippen LogP contribution < -0.4 is 0 Å². The molecule has 0 saturated carbocycles. The van der Waals surface area contributed by atoms with Crippen LogP contribution in [0.25, 0.3) is 16.7 Å². The molecular formula is C11H7N5O2. The van der Waals surface area contributed by atoms with Gasteiger partial charge in [0.1, 0.15) is 6.33 Å². The number of nitro benzene ring substituents is 1. The van der Waals surface area contributed by atoms with Crippen LogP contribution in [0.15, 0.2) is 43.0 Å². The van der Waals surface area contributed by atoms with E-state index in [-0.39, 0.29) is 5.69 Å². The zero-order valence-corrected chi connectivity index (χ0v) is 9.09. The van der Waals surface area contributed by atoms with Gasteiger partial charge in [0.2, 0.25) is 0 Å². The number of hydrogen-bond acceptors (Lipinski definition) is 5. The van der Waals surface area contributed by atoms with E-state index in [0.717, 1.165) is 5.39 Å². The Hall–Kier alpha value is -2.83. The first-order chi connectivity index (χ1) is 8.75. The quantitative estimate of drug-likeness (QED) is 0.503. The van der Waals surface area contributed by atoms with Gasteiger partial charge in [0.25, 0.3) is 5.69 Å². The van der Waals surface area contributed by atoms with E-state index in [0.29, 0.717) is 11.3 Å². The van der Waals surface area contributed by atoms with Crippen molar-refractivity contribution in [3.63, 3.8) is 0 Å². The van der Waals surface area contributed by atoms with Crippen LogP contribution in [0.1, 0.15) is 0 Å². The SMILES string of the molecule is O=[N+]([O-])c1ccc2cnn(-c3ccncn3)c2c1. The molecular weight excluding hydrogens is 234 g/mol. The summed E-state index contributed by atoms with van der Waals surface area (Å²) in [4.78, 5) is 18.2. The van der Waals surface area contributed by atoms with E-state index in [2.05, 4.69) is 15.1 Å². The lowest BCUT2D eigenvalue weighted by Gasteiger charge is -2.01. The van der Waals surface area contributed by atoms with Crippen LogP contribution in [0, 0.1) is 10.1 Å². The third kappa shape index (κ3) is 1.58. The van der Waals surface area contributed by atoms with Gasteiger partial charge < -0.3 is 0 Å². The summed E-state index contributed by atoms with van der Waals surface area (Å²) in [6, 6.07) is 6.28. The van der Waals surface area contributed by atoms with Crippen LogP contribution in [0.2, 0.25) is 0 Å². The number of aromatic nitrogens is 4. The molecule has 2 aromatic heterocycles. The minimum absolute atomic E-state index is 0.0262.